The average molecular weight is 376 g/mol. The first kappa shape index (κ1) is 18.7. The highest BCUT2D eigenvalue weighted by molar-refractivity contribution is 8.00. The standard InChI is InChI=1S/C18H24N4O3S/c1-12-11-14-7-4-5-8-15(14)22(12)16(23)13(2)26-18-20-19-17(24)21(18)9-6-10-25-3/h4-5,7-8,12-13H,6,9-11H2,1-3H3,(H,19,24). The average Bonchev–Trinajstić information content (AvgIpc) is 3.14. The van der Waals surface area contributed by atoms with Crippen LogP contribution in [0.2, 0.25) is 0 Å². The molecule has 1 aromatic carbocycles. The summed E-state index contributed by atoms with van der Waals surface area (Å²) in [5, 5.41) is 6.74. The van der Waals surface area contributed by atoms with Crippen molar-refractivity contribution in [3.8, 4) is 0 Å². The maximum Gasteiger partial charge on any atom is 0.343 e. The number of hydrogen-bond donors (Lipinski definition) is 1. The van der Waals surface area contributed by atoms with Crippen molar-refractivity contribution < 1.29 is 9.53 Å². The number of carbonyl (C=O) groups excluding carboxylic acids is 1. The predicted molar refractivity (Wildman–Crippen MR) is 102 cm³/mol. The topological polar surface area (TPSA) is 80.2 Å². The largest absolute Gasteiger partial charge is 0.385 e. The van der Waals surface area contributed by atoms with Gasteiger partial charge in [0.15, 0.2) is 5.16 Å². The van der Waals surface area contributed by atoms with Gasteiger partial charge in [-0.2, -0.15) is 0 Å². The van der Waals surface area contributed by atoms with Crippen LogP contribution in [0.1, 0.15) is 25.8 Å². The molecule has 3 rings (SSSR count). The minimum absolute atomic E-state index is 0.0336. The van der Waals surface area contributed by atoms with E-state index < -0.39 is 0 Å². The van der Waals surface area contributed by atoms with Gasteiger partial charge >= 0.3 is 5.69 Å². The summed E-state index contributed by atoms with van der Waals surface area (Å²) in [4.78, 5) is 26.9. The van der Waals surface area contributed by atoms with Crippen LogP contribution in [-0.4, -0.2) is 45.7 Å². The quantitative estimate of drug-likeness (QED) is 0.591. The Morgan fingerprint density at radius 3 is 3.00 bits per heavy atom. The molecule has 0 saturated heterocycles. The SMILES string of the molecule is COCCCn1c(SC(C)C(=O)N2c3ccccc3CC2C)n[nH]c1=O. The van der Waals surface area contributed by atoms with Crippen molar-refractivity contribution in [1.82, 2.24) is 14.8 Å². The van der Waals surface area contributed by atoms with E-state index in [4.69, 9.17) is 4.74 Å². The number of aromatic amines is 1. The first-order valence-corrected chi connectivity index (χ1v) is 9.62. The molecule has 0 bridgehead atoms. The second-order valence-electron chi connectivity index (χ2n) is 6.46. The van der Waals surface area contributed by atoms with Gasteiger partial charge in [0.1, 0.15) is 0 Å². The fraction of sp³-hybridized carbons (Fsp3) is 0.500. The van der Waals surface area contributed by atoms with E-state index in [-0.39, 0.29) is 22.9 Å². The van der Waals surface area contributed by atoms with Gasteiger partial charge in [0.25, 0.3) is 0 Å². The molecule has 1 aromatic heterocycles. The number of nitrogens with zero attached hydrogens (tertiary/aromatic N) is 3. The molecule has 1 amide bonds. The summed E-state index contributed by atoms with van der Waals surface area (Å²) in [5.74, 6) is 0.0336. The monoisotopic (exact) mass is 376 g/mol. The van der Waals surface area contributed by atoms with Crippen molar-refractivity contribution in [2.24, 2.45) is 0 Å². The zero-order chi connectivity index (χ0) is 18.7. The molecule has 0 saturated carbocycles. The van der Waals surface area contributed by atoms with Gasteiger partial charge in [-0.3, -0.25) is 9.36 Å². The first-order valence-electron chi connectivity index (χ1n) is 8.74. The van der Waals surface area contributed by atoms with Gasteiger partial charge in [-0.05, 0) is 38.3 Å². The highest BCUT2D eigenvalue weighted by atomic mass is 32.2. The van der Waals surface area contributed by atoms with Crippen LogP contribution < -0.4 is 10.6 Å². The number of aromatic nitrogens is 3. The van der Waals surface area contributed by atoms with E-state index in [0.29, 0.717) is 24.7 Å². The number of rotatable bonds is 7. The molecular formula is C18H24N4O3S. The Balaban J connectivity index is 1.74. The van der Waals surface area contributed by atoms with E-state index in [2.05, 4.69) is 23.2 Å². The maximum atomic E-state index is 13.1. The molecule has 0 spiro atoms. The van der Waals surface area contributed by atoms with E-state index in [1.165, 1.54) is 17.3 Å². The van der Waals surface area contributed by atoms with Crippen LogP contribution in [0.5, 0.6) is 0 Å². The second kappa shape index (κ2) is 8.09. The summed E-state index contributed by atoms with van der Waals surface area (Å²) in [6.07, 6.45) is 1.58. The zero-order valence-corrected chi connectivity index (χ0v) is 16.1. The maximum absolute atomic E-state index is 13.1. The van der Waals surface area contributed by atoms with Crippen molar-refractivity contribution in [2.75, 3.05) is 18.6 Å². The van der Waals surface area contributed by atoms with Crippen LogP contribution in [0.4, 0.5) is 5.69 Å². The van der Waals surface area contributed by atoms with E-state index in [1.54, 1.807) is 11.7 Å². The molecule has 8 heteroatoms. The van der Waals surface area contributed by atoms with Crippen molar-refractivity contribution in [2.45, 2.75) is 49.7 Å². The molecule has 140 valence electrons. The Kier molecular flexibility index (Phi) is 5.83. The van der Waals surface area contributed by atoms with Gasteiger partial charge in [0, 0.05) is 32.0 Å². The molecule has 1 N–H and O–H groups in total. The van der Waals surface area contributed by atoms with E-state index in [9.17, 15) is 9.59 Å². The summed E-state index contributed by atoms with van der Waals surface area (Å²) in [5.41, 5.74) is 1.92. The van der Waals surface area contributed by atoms with Gasteiger partial charge in [-0.1, -0.05) is 30.0 Å². The van der Waals surface area contributed by atoms with Gasteiger partial charge in [0.2, 0.25) is 5.91 Å². The molecule has 0 radical (unpaired) electrons. The number of carbonyl (C=O) groups is 1. The number of ether oxygens (including phenoxy) is 1. The van der Waals surface area contributed by atoms with Gasteiger partial charge in [0.05, 0.1) is 5.25 Å². The molecule has 2 atom stereocenters. The number of hydrogen-bond acceptors (Lipinski definition) is 5. The number of thioether (sulfide) groups is 1. The van der Waals surface area contributed by atoms with Crippen LogP contribution >= 0.6 is 11.8 Å². The summed E-state index contributed by atoms with van der Waals surface area (Å²) in [7, 11) is 1.63. The highest BCUT2D eigenvalue weighted by Gasteiger charge is 2.33. The first-order chi connectivity index (χ1) is 12.5. The highest BCUT2D eigenvalue weighted by Crippen LogP contribution is 2.34. The third kappa shape index (κ3) is 3.71. The van der Waals surface area contributed by atoms with E-state index in [1.807, 2.05) is 30.0 Å². The Bertz CT molecular complexity index is 832. The van der Waals surface area contributed by atoms with Crippen LogP contribution in [-0.2, 0) is 22.5 Å². The fourth-order valence-electron chi connectivity index (χ4n) is 3.26. The number of anilines is 1. The van der Waals surface area contributed by atoms with Gasteiger partial charge < -0.3 is 9.64 Å². The fourth-order valence-corrected chi connectivity index (χ4v) is 4.19. The molecule has 0 fully saturated rings. The van der Waals surface area contributed by atoms with Crippen molar-refractivity contribution in [3.63, 3.8) is 0 Å². The smallest absolute Gasteiger partial charge is 0.343 e. The lowest BCUT2D eigenvalue weighted by Crippen LogP contribution is -2.40. The molecule has 0 aliphatic carbocycles. The van der Waals surface area contributed by atoms with Gasteiger partial charge in [-0.25, -0.2) is 9.89 Å². The van der Waals surface area contributed by atoms with Crippen LogP contribution in [0, 0.1) is 0 Å². The number of nitrogens with one attached hydrogen (secondary N) is 1. The zero-order valence-electron chi connectivity index (χ0n) is 15.3. The van der Waals surface area contributed by atoms with Crippen molar-refractivity contribution in [1.29, 1.82) is 0 Å². The van der Waals surface area contributed by atoms with Gasteiger partial charge in [-0.15, -0.1) is 5.10 Å². The Morgan fingerprint density at radius 2 is 2.23 bits per heavy atom. The molecule has 7 nitrogen and oxygen atoms in total. The number of fused-ring (bicyclic) bond motifs is 1. The molecule has 1 aliphatic rings. The third-order valence-electron chi connectivity index (χ3n) is 4.53. The lowest BCUT2D eigenvalue weighted by molar-refractivity contribution is -0.118. The number of amides is 1. The van der Waals surface area contributed by atoms with E-state index in [0.717, 1.165) is 12.1 Å². The normalized spacial score (nSPS) is 17.3. The number of methoxy groups -OCH3 is 1. The Hall–Kier alpha value is -2.06. The van der Waals surface area contributed by atoms with Crippen LogP contribution in [0.3, 0.4) is 0 Å². The summed E-state index contributed by atoms with van der Waals surface area (Å²) < 4.78 is 6.60. The molecule has 2 aromatic rings. The minimum Gasteiger partial charge on any atom is -0.385 e. The Morgan fingerprint density at radius 1 is 1.46 bits per heavy atom. The molecule has 1 aliphatic heterocycles. The minimum atomic E-state index is -0.347. The molecule has 26 heavy (non-hydrogen) atoms. The number of para-hydroxylation sites is 1. The third-order valence-corrected chi connectivity index (χ3v) is 5.61. The number of benzene rings is 1. The lowest BCUT2D eigenvalue weighted by Gasteiger charge is -2.25. The summed E-state index contributed by atoms with van der Waals surface area (Å²) in [6.45, 7) is 5.00. The Labute approximate surface area is 156 Å². The van der Waals surface area contributed by atoms with Crippen LogP contribution in [0.15, 0.2) is 34.2 Å². The predicted octanol–water partition coefficient (Wildman–Crippen LogP) is 2.07. The van der Waals surface area contributed by atoms with E-state index >= 15 is 0 Å². The lowest BCUT2D eigenvalue weighted by atomic mass is 10.1. The summed E-state index contributed by atoms with van der Waals surface area (Å²) >= 11 is 1.31. The molecule has 2 unspecified atom stereocenters. The van der Waals surface area contributed by atoms with Crippen molar-refractivity contribution in [3.05, 3.63) is 40.3 Å². The van der Waals surface area contributed by atoms with Crippen LogP contribution in [0.25, 0.3) is 0 Å². The molecule has 2 heterocycles. The second-order valence-corrected chi connectivity index (χ2v) is 7.77. The van der Waals surface area contributed by atoms with Crippen molar-refractivity contribution >= 4 is 23.4 Å². The summed E-state index contributed by atoms with van der Waals surface area (Å²) in [6, 6.07) is 8.14. The molecular weight excluding hydrogens is 352 g/mol. The number of H-pyrrole nitrogens is 1.